The molecule has 0 nitrogen and oxygen atoms in total. The molecule has 22 heavy (non-hydrogen) atoms. The molecule has 0 unspecified atom stereocenters. The maximum atomic E-state index is 2.99. The van der Waals surface area contributed by atoms with E-state index in [-0.39, 0.29) is 33.0 Å². The van der Waals surface area contributed by atoms with E-state index in [2.05, 4.69) is 24.3 Å². The summed E-state index contributed by atoms with van der Waals surface area (Å²) < 4.78 is 0. The summed E-state index contributed by atoms with van der Waals surface area (Å²) in [5.74, 6) is 0. The third-order valence-corrected chi connectivity index (χ3v) is 2.28. The van der Waals surface area contributed by atoms with E-state index in [9.17, 15) is 0 Å². The number of allylic oxidation sites excluding steroid dienone is 8. The van der Waals surface area contributed by atoms with Crippen molar-refractivity contribution in [3.63, 3.8) is 0 Å². The van der Waals surface area contributed by atoms with Gasteiger partial charge in [0.2, 0.25) is 0 Å². The van der Waals surface area contributed by atoms with Crippen molar-refractivity contribution in [2.45, 2.75) is 12.8 Å². The molecule has 2 aromatic carbocycles. The Kier molecular flexibility index (Phi) is 20.5. The van der Waals surface area contributed by atoms with Crippen LogP contribution in [0.5, 0.6) is 0 Å². The van der Waals surface area contributed by atoms with Crippen molar-refractivity contribution in [2.24, 2.45) is 0 Å². The van der Waals surface area contributed by atoms with E-state index in [1.54, 1.807) is 0 Å². The standard InChI is InChI=1S/4C5H5.2Ni/c4*1-2-4-5-3-1;;/h2*1-3H,4H2;2*1-5H;;/q4*-1;2*+2. The van der Waals surface area contributed by atoms with Crippen LogP contribution in [-0.2, 0) is 33.0 Å². The van der Waals surface area contributed by atoms with Gasteiger partial charge in [-0.25, -0.2) is 48.6 Å². The minimum atomic E-state index is 0. The zero-order chi connectivity index (χ0) is 14.1. The fraction of sp³-hybridized carbons (Fsp3) is 0.100. The molecule has 2 aliphatic carbocycles. The monoisotopic (exact) mass is 376 g/mol. The fourth-order valence-electron chi connectivity index (χ4n) is 1.32. The Hall–Kier alpha value is -1.35. The third kappa shape index (κ3) is 16.7. The van der Waals surface area contributed by atoms with Crippen molar-refractivity contribution >= 4 is 0 Å². The Labute approximate surface area is 154 Å². The van der Waals surface area contributed by atoms with Crippen LogP contribution in [0, 0.1) is 12.2 Å². The van der Waals surface area contributed by atoms with Gasteiger partial charge >= 0.3 is 33.0 Å². The van der Waals surface area contributed by atoms with Crippen LogP contribution in [0.4, 0.5) is 0 Å². The van der Waals surface area contributed by atoms with Gasteiger partial charge in [-0.15, -0.1) is 12.8 Å². The van der Waals surface area contributed by atoms with Crippen molar-refractivity contribution in [1.82, 2.24) is 0 Å². The first-order chi connectivity index (χ1) is 10.0. The summed E-state index contributed by atoms with van der Waals surface area (Å²) in [6, 6.07) is 20.0. The van der Waals surface area contributed by atoms with E-state index in [1.165, 1.54) is 0 Å². The van der Waals surface area contributed by atoms with E-state index >= 15 is 0 Å². The second-order valence-electron chi connectivity index (χ2n) is 3.93. The molecule has 2 aliphatic rings. The Bertz CT molecular complexity index is 383. The second-order valence-corrected chi connectivity index (χ2v) is 3.93. The molecule has 0 amide bonds. The molecule has 0 saturated carbocycles. The molecular formula is C20H20Ni2. The summed E-state index contributed by atoms with van der Waals surface area (Å²) in [4.78, 5) is 0. The van der Waals surface area contributed by atoms with Gasteiger partial charge in [0.25, 0.3) is 0 Å². The van der Waals surface area contributed by atoms with E-state index in [1.807, 2.05) is 85.0 Å². The average molecular weight is 378 g/mol. The molecule has 0 atom stereocenters. The minimum Gasteiger partial charge on any atom is -0.273 e. The van der Waals surface area contributed by atoms with Crippen LogP contribution in [0.3, 0.4) is 0 Å². The molecule has 0 spiro atoms. The Morgan fingerprint density at radius 3 is 1.05 bits per heavy atom. The molecule has 2 aromatic rings. The first-order valence-electron chi connectivity index (χ1n) is 6.77. The summed E-state index contributed by atoms with van der Waals surface area (Å²) in [5.41, 5.74) is 0. The quantitative estimate of drug-likeness (QED) is 0.425. The normalized spacial score (nSPS) is 11.6. The summed E-state index contributed by atoms with van der Waals surface area (Å²) >= 11 is 0. The fourth-order valence-corrected chi connectivity index (χ4v) is 1.32. The largest absolute Gasteiger partial charge is 2.00 e. The molecule has 0 bridgehead atoms. The first-order valence-corrected chi connectivity index (χ1v) is 6.77. The van der Waals surface area contributed by atoms with Crippen LogP contribution in [-0.4, -0.2) is 0 Å². The third-order valence-electron chi connectivity index (χ3n) is 2.28. The van der Waals surface area contributed by atoms with E-state index in [0.29, 0.717) is 0 Å². The van der Waals surface area contributed by atoms with Gasteiger partial charge in [0, 0.05) is 0 Å². The summed E-state index contributed by atoms with van der Waals surface area (Å²) in [6.45, 7) is 0. The van der Waals surface area contributed by atoms with E-state index < -0.39 is 0 Å². The van der Waals surface area contributed by atoms with Gasteiger partial charge in [-0.3, -0.25) is 12.2 Å². The maximum absolute atomic E-state index is 2.99. The summed E-state index contributed by atoms with van der Waals surface area (Å²) in [5, 5.41) is 0. The van der Waals surface area contributed by atoms with Crippen molar-refractivity contribution < 1.29 is 33.0 Å². The van der Waals surface area contributed by atoms with Gasteiger partial charge in [0.05, 0.1) is 0 Å². The topological polar surface area (TPSA) is 0 Å². The summed E-state index contributed by atoms with van der Waals surface area (Å²) in [7, 11) is 0. The molecule has 0 heterocycles. The summed E-state index contributed by atoms with van der Waals surface area (Å²) in [6.07, 6.45) is 20.0. The van der Waals surface area contributed by atoms with Crippen LogP contribution >= 0.6 is 0 Å². The molecule has 0 fully saturated rings. The van der Waals surface area contributed by atoms with Crippen LogP contribution in [0.15, 0.2) is 97.1 Å². The van der Waals surface area contributed by atoms with Crippen molar-refractivity contribution in [2.75, 3.05) is 0 Å². The molecule has 4 rings (SSSR count). The molecule has 120 valence electrons. The van der Waals surface area contributed by atoms with Crippen molar-refractivity contribution in [3.8, 4) is 0 Å². The number of hydrogen-bond donors (Lipinski definition) is 0. The predicted octanol–water partition coefficient (Wildman–Crippen LogP) is 5.42. The Balaban J connectivity index is 0. The first kappa shape index (κ1) is 22.9. The van der Waals surface area contributed by atoms with Crippen molar-refractivity contribution in [3.05, 3.63) is 109 Å². The van der Waals surface area contributed by atoms with E-state index in [4.69, 9.17) is 0 Å². The molecule has 0 N–H and O–H groups in total. The Morgan fingerprint density at radius 2 is 0.955 bits per heavy atom. The second kappa shape index (κ2) is 19.6. The van der Waals surface area contributed by atoms with Gasteiger partial charge in [0.1, 0.15) is 0 Å². The molecule has 0 radical (unpaired) electrons. The molecule has 0 aliphatic heterocycles. The van der Waals surface area contributed by atoms with Crippen LogP contribution < -0.4 is 0 Å². The van der Waals surface area contributed by atoms with Gasteiger partial charge < -0.3 is 0 Å². The zero-order valence-corrected chi connectivity index (χ0v) is 14.3. The molecular weight excluding hydrogens is 358 g/mol. The zero-order valence-electron chi connectivity index (χ0n) is 12.3. The van der Waals surface area contributed by atoms with E-state index in [0.717, 1.165) is 12.8 Å². The van der Waals surface area contributed by atoms with Crippen LogP contribution in [0.25, 0.3) is 0 Å². The Morgan fingerprint density at radius 1 is 0.591 bits per heavy atom. The smallest absolute Gasteiger partial charge is 0.273 e. The van der Waals surface area contributed by atoms with Gasteiger partial charge in [-0.1, -0.05) is 0 Å². The van der Waals surface area contributed by atoms with Gasteiger partial charge in [0.15, 0.2) is 0 Å². The van der Waals surface area contributed by atoms with Crippen LogP contribution in [0.1, 0.15) is 12.8 Å². The van der Waals surface area contributed by atoms with Gasteiger partial charge in [-0.2, -0.15) is 48.6 Å². The molecule has 0 saturated heterocycles. The molecule has 2 heteroatoms. The number of rotatable bonds is 0. The molecule has 0 aromatic heterocycles. The predicted molar refractivity (Wildman–Crippen MR) is 87.2 cm³/mol. The van der Waals surface area contributed by atoms with Crippen LogP contribution in [0.2, 0.25) is 0 Å². The van der Waals surface area contributed by atoms with Gasteiger partial charge in [-0.05, 0) is 0 Å². The minimum absolute atomic E-state index is 0. The number of hydrogen-bond acceptors (Lipinski definition) is 0. The maximum Gasteiger partial charge on any atom is 2.00 e. The average Bonchev–Trinajstić information content (AvgIpc) is 3.40. The van der Waals surface area contributed by atoms with Crippen molar-refractivity contribution in [1.29, 1.82) is 0 Å². The SMILES string of the molecule is [C-]1=CC=CC1.[C-]1=CC=CC1.[Ni+2].[Ni+2].c1cc[cH-]c1.c1cc[cH-]c1.